The van der Waals surface area contributed by atoms with Crippen molar-refractivity contribution >= 4 is 23.3 Å². The van der Waals surface area contributed by atoms with Crippen molar-refractivity contribution in [3.63, 3.8) is 0 Å². The van der Waals surface area contributed by atoms with Gasteiger partial charge in [0.2, 0.25) is 11.5 Å². The smallest absolute Gasteiger partial charge is 0.331 e. The van der Waals surface area contributed by atoms with E-state index >= 15 is 0 Å². The van der Waals surface area contributed by atoms with E-state index in [-0.39, 0.29) is 13.2 Å². The molecule has 1 saturated carbocycles. The summed E-state index contributed by atoms with van der Waals surface area (Å²) in [6, 6.07) is 2.05. The molecule has 0 saturated heterocycles. The highest BCUT2D eigenvalue weighted by molar-refractivity contribution is 7.10. The van der Waals surface area contributed by atoms with Gasteiger partial charge in [0, 0.05) is 9.80 Å². The molecule has 21 heavy (non-hydrogen) atoms. The van der Waals surface area contributed by atoms with E-state index in [4.69, 9.17) is 9.47 Å². The van der Waals surface area contributed by atoms with Gasteiger partial charge in [-0.1, -0.05) is 6.07 Å². The van der Waals surface area contributed by atoms with E-state index in [0.717, 1.165) is 0 Å². The average Bonchev–Trinajstić information content (AvgIpc) is 2.86. The Hall–Kier alpha value is -1.96. The Morgan fingerprint density at radius 2 is 1.90 bits per heavy atom. The first-order valence-electron chi connectivity index (χ1n) is 6.53. The fourth-order valence-corrected chi connectivity index (χ4v) is 3.52. The molecule has 114 valence electrons. The molecule has 0 spiro atoms. The Bertz CT molecular complexity index is 537. The lowest BCUT2D eigenvalue weighted by Crippen LogP contribution is -2.35. The zero-order valence-corrected chi connectivity index (χ0v) is 12.4. The maximum atomic E-state index is 12.2. The van der Waals surface area contributed by atoms with E-state index in [0.29, 0.717) is 4.88 Å². The van der Waals surface area contributed by atoms with Gasteiger partial charge in [-0.15, -0.1) is 11.3 Å². The molecule has 0 aliphatic heterocycles. The molecule has 0 unspecified atom stereocenters. The van der Waals surface area contributed by atoms with E-state index in [2.05, 4.69) is 0 Å². The van der Waals surface area contributed by atoms with E-state index in [1.165, 1.54) is 11.3 Å². The van der Waals surface area contributed by atoms with Crippen LogP contribution in [0.3, 0.4) is 0 Å². The number of hydrogen-bond acceptors (Lipinski definition) is 7. The summed E-state index contributed by atoms with van der Waals surface area (Å²) in [7, 11) is 0. The molecule has 0 bridgehead atoms. The van der Waals surface area contributed by atoms with E-state index in [9.17, 15) is 19.7 Å². The largest absolute Gasteiger partial charge is 0.465 e. The molecule has 1 aliphatic carbocycles. The van der Waals surface area contributed by atoms with E-state index in [1.54, 1.807) is 31.4 Å². The van der Waals surface area contributed by atoms with Crippen LogP contribution in [-0.4, -0.2) is 36.1 Å². The summed E-state index contributed by atoms with van der Waals surface area (Å²) >= 11 is 1.27. The van der Waals surface area contributed by atoms with Crippen LogP contribution in [0.25, 0.3) is 0 Å². The Kier molecular flexibility index (Phi) is 4.26. The van der Waals surface area contributed by atoms with Gasteiger partial charge >= 0.3 is 11.9 Å². The van der Waals surface area contributed by atoms with Crippen molar-refractivity contribution in [2.24, 2.45) is 5.41 Å². The number of thiophene rings is 1. The first-order valence-corrected chi connectivity index (χ1v) is 7.41. The standard InChI is InChI=1S/C13H15NO6S/c1-3-19-11(15)13(12(16)20-4-2)9(10(13)14(17)18)8-6-5-7-21-8/h5-7,9-10H,3-4H2,1-2H3/t9-,10-/m1/s1. The van der Waals surface area contributed by atoms with Gasteiger partial charge in [-0.2, -0.15) is 0 Å². The first-order chi connectivity index (χ1) is 10.0. The quantitative estimate of drug-likeness (QED) is 0.342. The molecule has 2 rings (SSSR count). The Morgan fingerprint density at radius 1 is 1.33 bits per heavy atom. The van der Waals surface area contributed by atoms with Crippen LogP contribution >= 0.6 is 11.3 Å². The van der Waals surface area contributed by atoms with Crippen LogP contribution in [0.4, 0.5) is 0 Å². The molecule has 2 atom stereocenters. The van der Waals surface area contributed by atoms with Gasteiger partial charge < -0.3 is 9.47 Å². The minimum Gasteiger partial charge on any atom is -0.465 e. The maximum Gasteiger partial charge on any atom is 0.331 e. The summed E-state index contributed by atoms with van der Waals surface area (Å²) in [6.45, 7) is 3.25. The predicted molar refractivity (Wildman–Crippen MR) is 73.5 cm³/mol. The molecular weight excluding hydrogens is 298 g/mol. The van der Waals surface area contributed by atoms with Crippen LogP contribution in [0.5, 0.6) is 0 Å². The molecule has 0 radical (unpaired) electrons. The third kappa shape index (κ3) is 2.29. The molecule has 1 fully saturated rings. The van der Waals surface area contributed by atoms with Crippen LogP contribution in [0.2, 0.25) is 0 Å². The van der Waals surface area contributed by atoms with Gasteiger partial charge in [0.1, 0.15) is 0 Å². The van der Waals surface area contributed by atoms with Crippen molar-refractivity contribution in [1.29, 1.82) is 0 Å². The third-order valence-electron chi connectivity index (χ3n) is 3.47. The van der Waals surface area contributed by atoms with Gasteiger partial charge in [0.15, 0.2) is 0 Å². The molecule has 7 nitrogen and oxygen atoms in total. The van der Waals surface area contributed by atoms with Crippen LogP contribution in [0.1, 0.15) is 24.6 Å². The summed E-state index contributed by atoms with van der Waals surface area (Å²) in [5.41, 5.74) is -1.86. The van der Waals surface area contributed by atoms with Crippen molar-refractivity contribution in [2.75, 3.05) is 13.2 Å². The van der Waals surface area contributed by atoms with Gasteiger partial charge in [-0.3, -0.25) is 19.7 Å². The highest BCUT2D eigenvalue weighted by atomic mass is 32.1. The van der Waals surface area contributed by atoms with Crippen LogP contribution in [0.15, 0.2) is 17.5 Å². The normalized spacial score (nSPS) is 22.4. The lowest BCUT2D eigenvalue weighted by molar-refractivity contribution is -0.501. The summed E-state index contributed by atoms with van der Waals surface area (Å²) in [4.78, 5) is 35.8. The van der Waals surface area contributed by atoms with Crippen LogP contribution in [-0.2, 0) is 19.1 Å². The molecule has 1 heterocycles. The van der Waals surface area contributed by atoms with Crippen LogP contribution in [0, 0.1) is 15.5 Å². The fraction of sp³-hybridized carbons (Fsp3) is 0.538. The van der Waals surface area contributed by atoms with Crippen LogP contribution < -0.4 is 0 Å². The van der Waals surface area contributed by atoms with Gasteiger partial charge in [0.05, 0.1) is 19.1 Å². The van der Waals surface area contributed by atoms with Gasteiger partial charge in [0.25, 0.3) is 0 Å². The minimum atomic E-state index is -1.86. The summed E-state index contributed by atoms with van der Waals surface area (Å²) < 4.78 is 9.81. The molecule has 0 N–H and O–H groups in total. The summed E-state index contributed by atoms with van der Waals surface area (Å²) in [5.74, 6) is -2.60. The van der Waals surface area contributed by atoms with Gasteiger partial charge in [-0.05, 0) is 25.3 Å². The molecule has 1 aromatic rings. The lowest BCUT2D eigenvalue weighted by atomic mass is 10.0. The SMILES string of the molecule is CCOC(=O)C1(C(=O)OCC)[C@H](c2cccs2)[C@H]1[N+](=O)[O-]. The maximum absolute atomic E-state index is 12.2. The monoisotopic (exact) mass is 313 g/mol. The number of carbonyl (C=O) groups is 2. The number of nitro groups is 1. The zero-order valence-electron chi connectivity index (χ0n) is 11.6. The van der Waals surface area contributed by atoms with E-state index < -0.39 is 34.2 Å². The number of nitrogens with zero attached hydrogens (tertiary/aromatic N) is 1. The third-order valence-corrected chi connectivity index (χ3v) is 4.42. The van der Waals surface area contributed by atoms with Crippen molar-refractivity contribution in [3.05, 3.63) is 32.5 Å². The molecule has 8 heteroatoms. The topological polar surface area (TPSA) is 95.7 Å². The van der Waals surface area contributed by atoms with Crippen molar-refractivity contribution in [1.82, 2.24) is 0 Å². The first kappa shape index (κ1) is 15.4. The number of rotatable bonds is 6. The van der Waals surface area contributed by atoms with Crippen molar-refractivity contribution < 1.29 is 24.0 Å². The number of carbonyl (C=O) groups excluding carboxylic acids is 2. The summed E-state index contributed by atoms with van der Waals surface area (Å²) in [5, 5.41) is 13.0. The number of esters is 2. The predicted octanol–water partition coefficient (Wildman–Crippen LogP) is 1.60. The second-order valence-electron chi connectivity index (χ2n) is 4.53. The van der Waals surface area contributed by atoms with Gasteiger partial charge in [-0.25, -0.2) is 0 Å². The second-order valence-corrected chi connectivity index (χ2v) is 5.51. The molecule has 1 aromatic heterocycles. The van der Waals surface area contributed by atoms with Crippen molar-refractivity contribution in [2.45, 2.75) is 25.8 Å². The molecular formula is C13H15NO6S. The average molecular weight is 313 g/mol. The fourth-order valence-electron chi connectivity index (χ4n) is 2.59. The molecule has 1 aliphatic rings. The lowest BCUT2D eigenvalue weighted by Gasteiger charge is -2.12. The number of hydrogen-bond donors (Lipinski definition) is 0. The summed E-state index contributed by atoms with van der Waals surface area (Å²) in [6.07, 6.45) is 0. The highest BCUT2D eigenvalue weighted by Gasteiger charge is 2.85. The van der Waals surface area contributed by atoms with E-state index in [1.807, 2.05) is 0 Å². The Labute approximate surface area is 125 Å². The number of ether oxygens (including phenoxy) is 2. The molecule has 0 aromatic carbocycles. The zero-order chi connectivity index (χ0) is 15.6. The Balaban J connectivity index is 2.45. The second kappa shape index (κ2) is 5.80. The van der Waals surface area contributed by atoms with Crippen molar-refractivity contribution in [3.8, 4) is 0 Å². The minimum absolute atomic E-state index is 0.0432. The Morgan fingerprint density at radius 3 is 2.29 bits per heavy atom. The highest BCUT2D eigenvalue weighted by Crippen LogP contribution is 2.63. The molecule has 0 amide bonds.